The Morgan fingerprint density at radius 3 is 2.76 bits per heavy atom. The highest BCUT2D eigenvalue weighted by molar-refractivity contribution is 5.90. The van der Waals surface area contributed by atoms with Crippen LogP contribution >= 0.6 is 0 Å². The minimum Gasteiger partial charge on any atom is -0.328 e. The summed E-state index contributed by atoms with van der Waals surface area (Å²) < 4.78 is 2.01. The van der Waals surface area contributed by atoms with Crippen molar-refractivity contribution in [2.75, 3.05) is 45.1 Å². The predicted molar refractivity (Wildman–Crippen MR) is 80.5 cm³/mol. The Balaban J connectivity index is 1.54. The second-order valence-electron chi connectivity index (χ2n) is 6.53. The van der Waals surface area contributed by atoms with Crippen LogP contribution in [-0.4, -0.2) is 55.5 Å². The first-order chi connectivity index (χ1) is 10.2. The van der Waals surface area contributed by atoms with Crippen LogP contribution in [0.15, 0.2) is 12.3 Å². The van der Waals surface area contributed by atoms with Crippen molar-refractivity contribution in [2.24, 2.45) is 0 Å². The fourth-order valence-corrected chi connectivity index (χ4v) is 3.47. The molecule has 1 aliphatic carbocycles. The summed E-state index contributed by atoms with van der Waals surface area (Å²) in [4.78, 5) is 15.2. The van der Waals surface area contributed by atoms with Crippen LogP contribution in [0.2, 0.25) is 0 Å². The van der Waals surface area contributed by atoms with Gasteiger partial charge in [0, 0.05) is 6.07 Å². The van der Waals surface area contributed by atoms with Crippen molar-refractivity contribution in [1.29, 1.82) is 0 Å². The fraction of sp³-hybridized carbons (Fsp3) is 0.733. The van der Waals surface area contributed by atoms with Crippen molar-refractivity contribution in [2.45, 2.75) is 31.7 Å². The van der Waals surface area contributed by atoms with Crippen LogP contribution in [0.4, 0.5) is 5.82 Å². The Kier molecular flexibility index (Phi) is 4.55. The maximum Gasteiger partial charge on any atom is 0.280 e. The number of hydrogen-bond acceptors (Lipinski definition) is 2. The van der Waals surface area contributed by atoms with Gasteiger partial charge < -0.3 is 15.1 Å². The van der Waals surface area contributed by atoms with Gasteiger partial charge in [-0.25, -0.2) is 4.68 Å². The van der Waals surface area contributed by atoms with Crippen LogP contribution in [0.3, 0.4) is 0 Å². The number of piperazine rings is 1. The normalized spacial score (nSPS) is 26.9. The van der Waals surface area contributed by atoms with E-state index in [1.54, 1.807) is 11.1 Å². The zero-order chi connectivity index (χ0) is 14.7. The lowest BCUT2D eigenvalue weighted by atomic mass is 10.2. The van der Waals surface area contributed by atoms with Crippen LogP contribution in [0.25, 0.3) is 0 Å². The van der Waals surface area contributed by atoms with Crippen LogP contribution in [0, 0.1) is 0 Å². The van der Waals surface area contributed by atoms with E-state index in [1.807, 2.05) is 10.7 Å². The molecule has 3 rings (SSSR count). The summed E-state index contributed by atoms with van der Waals surface area (Å²) in [6.45, 7) is 5.05. The average Bonchev–Trinajstić information content (AvgIpc) is 3.11. The fourth-order valence-electron chi connectivity index (χ4n) is 3.47. The quantitative estimate of drug-likeness (QED) is 0.623. The highest BCUT2D eigenvalue weighted by Gasteiger charge is 2.24. The molecule has 1 aromatic heterocycles. The number of nitrogens with one attached hydrogen (secondary N) is 3. The molecule has 1 amide bonds. The molecule has 21 heavy (non-hydrogen) atoms. The van der Waals surface area contributed by atoms with Gasteiger partial charge in [0.2, 0.25) is 0 Å². The minimum atomic E-state index is 0.115. The highest BCUT2D eigenvalue weighted by atomic mass is 16.2. The zero-order valence-corrected chi connectivity index (χ0v) is 12.9. The van der Waals surface area contributed by atoms with Gasteiger partial charge in [-0.1, -0.05) is 12.8 Å². The molecule has 1 saturated heterocycles. The number of rotatable bonds is 4. The van der Waals surface area contributed by atoms with Crippen molar-refractivity contribution in [3.8, 4) is 0 Å². The molecule has 116 valence electrons. The van der Waals surface area contributed by atoms with Crippen LogP contribution in [0.5, 0.6) is 0 Å². The number of amides is 1. The summed E-state index contributed by atoms with van der Waals surface area (Å²) >= 11 is 0. The number of anilines is 1. The van der Waals surface area contributed by atoms with Gasteiger partial charge in [-0.2, -0.15) is 5.10 Å². The molecule has 0 unspecified atom stereocenters. The lowest BCUT2D eigenvalue weighted by molar-refractivity contribution is -0.999. The van der Waals surface area contributed by atoms with Gasteiger partial charge in [-0.05, 0) is 12.8 Å². The summed E-state index contributed by atoms with van der Waals surface area (Å²) in [5.41, 5.74) is 0. The third-order valence-electron chi connectivity index (χ3n) is 4.83. The monoisotopic (exact) mass is 293 g/mol. The lowest BCUT2D eigenvalue weighted by Crippen LogP contribution is -3.27. The zero-order valence-electron chi connectivity index (χ0n) is 12.9. The number of aromatic nitrogens is 2. The summed E-state index contributed by atoms with van der Waals surface area (Å²) in [6.07, 6.45) is 6.69. The van der Waals surface area contributed by atoms with Gasteiger partial charge >= 0.3 is 0 Å². The molecule has 0 atom stereocenters. The smallest absolute Gasteiger partial charge is 0.280 e. The summed E-state index contributed by atoms with van der Waals surface area (Å²) in [5.74, 6) is 0.982. The van der Waals surface area contributed by atoms with E-state index in [1.165, 1.54) is 30.6 Å². The van der Waals surface area contributed by atoms with Crippen LogP contribution in [0.1, 0.15) is 31.7 Å². The standard InChI is InChI=1S/C15H25N5O/c1-18-8-10-19(11-9-18)12-15(21)17-14-6-7-16-20(14)13-4-2-3-5-13/h6-7,13H,2-5,8-12H2,1H3,(H,17,21)/p+2. The largest absolute Gasteiger partial charge is 0.328 e. The Bertz CT molecular complexity index is 472. The second-order valence-corrected chi connectivity index (χ2v) is 6.53. The van der Waals surface area contributed by atoms with E-state index in [4.69, 9.17) is 0 Å². The number of carbonyl (C=O) groups is 1. The van der Waals surface area contributed by atoms with Gasteiger partial charge in [0.15, 0.2) is 6.54 Å². The van der Waals surface area contributed by atoms with E-state index in [-0.39, 0.29) is 5.91 Å². The van der Waals surface area contributed by atoms with E-state index >= 15 is 0 Å². The van der Waals surface area contributed by atoms with Crippen molar-refractivity contribution in [3.63, 3.8) is 0 Å². The van der Waals surface area contributed by atoms with Gasteiger partial charge in [0.25, 0.3) is 5.91 Å². The van der Waals surface area contributed by atoms with Crippen molar-refractivity contribution >= 4 is 11.7 Å². The van der Waals surface area contributed by atoms with Gasteiger partial charge in [0.1, 0.15) is 32.0 Å². The lowest BCUT2D eigenvalue weighted by Gasteiger charge is -2.26. The summed E-state index contributed by atoms with van der Waals surface area (Å²) in [7, 11) is 2.22. The second kappa shape index (κ2) is 6.58. The topological polar surface area (TPSA) is 55.8 Å². The first-order valence-electron chi connectivity index (χ1n) is 8.20. The van der Waals surface area contributed by atoms with E-state index in [0.717, 1.165) is 32.0 Å². The van der Waals surface area contributed by atoms with Gasteiger partial charge in [-0.15, -0.1) is 0 Å². The Labute approximate surface area is 126 Å². The van der Waals surface area contributed by atoms with E-state index < -0.39 is 0 Å². The Hall–Kier alpha value is -1.40. The van der Waals surface area contributed by atoms with Crippen molar-refractivity contribution in [1.82, 2.24) is 9.78 Å². The number of quaternary nitrogens is 2. The van der Waals surface area contributed by atoms with E-state index in [9.17, 15) is 4.79 Å². The summed E-state index contributed by atoms with van der Waals surface area (Å²) in [6, 6.07) is 2.38. The van der Waals surface area contributed by atoms with Gasteiger partial charge in [0.05, 0.1) is 19.3 Å². The molecule has 6 nitrogen and oxygen atoms in total. The molecule has 0 radical (unpaired) electrons. The molecule has 0 aromatic carbocycles. The molecule has 1 saturated carbocycles. The maximum absolute atomic E-state index is 12.2. The average molecular weight is 293 g/mol. The number of hydrogen-bond donors (Lipinski definition) is 3. The molecular weight excluding hydrogens is 266 g/mol. The maximum atomic E-state index is 12.2. The Morgan fingerprint density at radius 1 is 1.33 bits per heavy atom. The number of likely N-dealkylation sites (N-methyl/N-ethyl adjacent to an activating group) is 1. The first kappa shape index (κ1) is 14.5. The van der Waals surface area contributed by atoms with Crippen LogP contribution in [-0.2, 0) is 4.79 Å². The third kappa shape index (κ3) is 3.63. The number of carbonyl (C=O) groups excluding carboxylic acids is 1. The predicted octanol–water partition coefficient (Wildman–Crippen LogP) is -1.65. The first-order valence-corrected chi connectivity index (χ1v) is 8.20. The third-order valence-corrected chi connectivity index (χ3v) is 4.83. The van der Waals surface area contributed by atoms with E-state index in [2.05, 4.69) is 17.5 Å². The van der Waals surface area contributed by atoms with E-state index in [0.29, 0.717) is 12.6 Å². The van der Waals surface area contributed by atoms with Gasteiger partial charge in [-0.3, -0.25) is 4.79 Å². The number of nitrogens with zero attached hydrogens (tertiary/aromatic N) is 2. The van der Waals surface area contributed by atoms with Crippen molar-refractivity contribution < 1.29 is 14.6 Å². The SMILES string of the molecule is C[NH+]1CC[NH+](CC(=O)Nc2ccnn2C2CCCC2)CC1. The van der Waals surface area contributed by atoms with Crippen molar-refractivity contribution in [3.05, 3.63) is 12.3 Å². The molecule has 1 aromatic rings. The minimum absolute atomic E-state index is 0.115. The molecule has 2 heterocycles. The van der Waals surface area contributed by atoms with Crippen LogP contribution < -0.4 is 15.1 Å². The molecule has 0 bridgehead atoms. The summed E-state index contributed by atoms with van der Waals surface area (Å²) in [5, 5.41) is 7.46. The molecule has 3 N–H and O–H groups in total. The molecule has 1 aliphatic heterocycles. The highest BCUT2D eigenvalue weighted by Crippen LogP contribution is 2.31. The molecule has 0 spiro atoms. The molecule has 6 heteroatoms. The molecule has 2 aliphatic rings. The molecule has 2 fully saturated rings. The molecular formula is C15H27N5O+2. The Morgan fingerprint density at radius 2 is 2.05 bits per heavy atom.